The molecule has 3 nitrogen and oxygen atoms in total. The lowest BCUT2D eigenvalue weighted by Gasteiger charge is -2.03. The zero-order valence-corrected chi connectivity index (χ0v) is 7.57. The Morgan fingerprint density at radius 3 is 2.80 bits per heavy atom. The topological polar surface area (TPSA) is 41.6 Å². The first-order valence-electron chi connectivity index (χ1n) is 2.42. The number of nitrogens with zero attached hydrogens (tertiary/aromatic N) is 2. The Morgan fingerprint density at radius 1 is 1.60 bits per heavy atom. The van der Waals surface area contributed by atoms with Crippen LogP contribution in [0, 0.1) is 4.77 Å². The van der Waals surface area contributed by atoms with Gasteiger partial charge in [0.05, 0.1) is 0 Å². The summed E-state index contributed by atoms with van der Waals surface area (Å²) in [5.74, 6) is 0. The SMILES string of the molecule is CSc1nc([S-])[nH]c(=S)n1. The number of hydrogen-bond acceptors (Lipinski definition) is 5. The zero-order chi connectivity index (χ0) is 7.56. The van der Waals surface area contributed by atoms with Crippen LogP contribution in [0.3, 0.4) is 0 Å². The molecular formula is C4H4N3S3-. The molecule has 0 atom stereocenters. The number of rotatable bonds is 1. The quantitative estimate of drug-likeness (QED) is 0.409. The van der Waals surface area contributed by atoms with Gasteiger partial charge in [0.2, 0.25) is 0 Å². The van der Waals surface area contributed by atoms with Crippen molar-refractivity contribution in [2.45, 2.75) is 10.3 Å². The van der Waals surface area contributed by atoms with Crippen molar-refractivity contribution >= 4 is 36.6 Å². The molecule has 1 rings (SSSR count). The van der Waals surface area contributed by atoms with Crippen LogP contribution in [0.2, 0.25) is 0 Å². The van der Waals surface area contributed by atoms with Gasteiger partial charge in [0.15, 0.2) is 9.93 Å². The molecule has 0 fully saturated rings. The molecule has 1 aromatic heterocycles. The van der Waals surface area contributed by atoms with Gasteiger partial charge in [-0.3, -0.25) is 0 Å². The summed E-state index contributed by atoms with van der Waals surface area (Å²) in [7, 11) is 0. The maximum Gasteiger partial charge on any atom is 0.199 e. The monoisotopic (exact) mass is 190 g/mol. The lowest BCUT2D eigenvalue weighted by atomic mass is 11.1. The summed E-state index contributed by atoms with van der Waals surface area (Å²) in [4.78, 5) is 10.4. The molecule has 54 valence electrons. The molecule has 10 heavy (non-hydrogen) atoms. The maximum absolute atomic E-state index is 4.77. The zero-order valence-electron chi connectivity index (χ0n) is 5.12. The number of nitrogens with one attached hydrogen (secondary N) is 1. The van der Waals surface area contributed by atoms with E-state index in [0.717, 1.165) is 0 Å². The van der Waals surface area contributed by atoms with Crippen molar-refractivity contribution in [3.8, 4) is 0 Å². The highest BCUT2D eigenvalue weighted by Crippen LogP contribution is 2.05. The second kappa shape index (κ2) is 3.27. The van der Waals surface area contributed by atoms with E-state index in [4.69, 9.17) is 24.8 Å². The van der Waals surface area contributed by atoms with Gasteiger partial charge in [-0.25, -0.2) is 4.98 Å². The molecule has 0 aliphatic carbocycles. The molecule has 0 amide bonds. The lowest BCUT2D eigenvalue weighted by Crippen LogP contribution is -1.92. The Bertz CT molecular complexity index is 281. The van der Waals surface area contributed by atoms with E-state index in [1.54, 1.807) is 0 Å². The molecule has 0 aromatic carbocycles. The van der Waals surface area contributed by atoms with Gasteiger partial charge < -0.3 is 17.6 Å². The Labute approximate surface area is 73.1 Å². The van der Waals surface area contributed by atoms with Crippen molar-refractivity contribution in [2.24, 2.45) is 0 Å². The third kappa shape index (κ3) is 1.89. The molecule has 0 saturated heterocycles. The summed E-state index contributed by atoms with van der Waals surface area (Å²) in [6, 6.07) is 0. The van der Waals surface area contributed by atoms with E-state index < -0.39 is 0 Å². The molecule has 1 N–H and O–H groups in total. The largest absolute Gasteiger partial charge is 0.742 e. The van der Waals surface area contributed by atoms with Gasteiger partial charge >= 0.3 is 0 Å². The minimum Gasteiger partial charge on any atom is -0.742 e. The van der Waals surface area contributed by atoms with Gasteiger partial charge in [-0.1, -0.05) is 11.8 Å². The third-order valence-electron chi connectivity index (χ3n) is 0.791. The number of H-pyrrole nitrogens is 1. The van der Waals surface area contributed by atoms with Crippen LogP contribution >= 0.6 is 24.0 Å². The summed E-state index contributed by atoms with van der Waals surface area (Å²) >= 11 is 11.0. The smallest absolute Gasteiger partial charge is 0.199 e. The molecular weight excluding hydrogens is 186 g/mol. The van der Waals surface area contributed by atoms with Gasteiger partial charge in [-0.15, -0.1) is 0 Å². The van der Waals surface area contributed by atoms with Crippen LogP contribution < -0.4 is 0 Å². The normalized spacial score (nSPS) is 9.70. The van der Waals surface area contributed by atoms with E-state index in [0.29, 0.717) is 15.1 Å². The van der Waals surface area contributed by atoms with E-state index in [9.17, 15) is 0 Å². The Hall–Kier alpha value is -0.200. The molecule has 0 aliphatic heterocycles. The third-order valence-corrected chi connectivity index (χ3v) is 1.73. The van der Waals surface area contributed by atoms with Gasteiger partial charge in [-0.05, 0) is 23.6 Å². The second-order valence-corrected chi connectivity index (χ2v) is 2.99. The van der Waals surface area contributed by atoms with Crippen molar-refractivity contribution < 1.29 is 0 Å². The summed E-state index contributed by atoms with van der Waals surface area (Å²) in [6.45, 7) is 0. The number of aromatic nitrogens is 3. The van der Waals surface area contributed by atoms with E-state index in [1.807, 2.05) is 6.26 Å². The number of thioether (sulfide) groups is 1. The van der Waals surface area contributed by atoms with Crippen LogP contribution in [0.25, 0.3) is 0 Å². The van der Waals surface area contributed by atoms with Crippen molar-refractivity contribution in [3.63, 3.8) is 0 Å². The average Bonchev–Trinajstić information content (AvgIpc) is 1.85. The Balaban J connectivity index is 3.19. The molecule has 0 spiro atoms. The summed E-state index contributed by atoms with van der Waals surface area (Å²) in [5.41, 5.74) is 0. The Morgan fingerprint density at radius 2 is 2.30 bits per heavy atom. The Kier molecular flexibility index (Phi) is 2.58. The van der Waals surface area contributed by atoms with Gasteiger partial charge in [-0.2, -0.15) is 4.98 Å². The first-order valence-corrected chi connectivity index (χ1v) is 4.46. The van der Waals surface area contributed by atoms with Crippen LogP contribution in [0.5, 0.6) is 0 Å². The minimum absolute atomic E-state index is 0.393. The molecule has 0 radical (unpaired) electrons. The summed E-state index contributed by atoms with van der Waals surface area (Å²) in [6.07, 6.45) is 1.87. The minimum atomic E-state index is 0.393. The standard InChI is InChI=1S/C4H5N3S3/c1-10-4-6-2(8)5-3(9)7-4/h1H3,(H2,5,6,7,8,9)/p-1. The van der Waals surface area contributed by atoms with E-state index in [-0.39, 0.29) is 0 Å². The van der Waals surface area contributed by atoms with Crippen LogP contribution in [-0.4, -0.2) is 21.2 Å². The summed E-state index contributed by atoms with van der Waals surface area (Å²) in [5, 5.41) is 1.01. The van der Waals surface area contributed by atoms with E-state index in [1.165, 1.54) is 11.8 Å². The van der Waals surface area contributed by atoms with Crippen LogP contribution in [0.4, 0.5) is 0 Å². The first kappa shape index (κ1) is 7.90. The molecule has 1 aromatic rings. The predicted octanol–water partition coefficient (Wildman–Crippen LogP) is 1.16. The molecule has 0 saturated carbocycles. The molecule has 1 heterocycles. The predicted molar refractivity (Wildman–Crippen MR) is 44.6 cm³/mol. The van der Waals surface area contributed by atoms with Gasteiger partial charge in [0.1, 0.15) is 0 Å². The summed E-state index contributed by atoms with van der Waals surface area (Å²) < 4.78 is 0.393. The number of hydrogen-bond donors (Lipinski definition) is 1. The van der Waals surface area contributed by atoms with Gasteiger partial charge in [0.25, 0.3) is 0 Å². The fourth-order valence-corrected chi connectivity index (χ4v) is 1.35. The van der Waals surface area contributed by atoms with Crippen molar-refractivity contribution in [1.29, 1.82) is 0 Å². The lowest BCUT2D eigenvalue weighted by molar-refractivity contribution is 0.791. The highest BCUT2D eigenvalue weighted by atomic mass is 32.2. The second-order valence-electron chi connectivity index (χ2n) is 1.45. The molecule has 0 bridgehead atoms. The van der Waals surface area contributed by atoms with E-state index >= 15 is 0 Å². The fraction of sp³-hybridized carbons (Fsp3) is 0.250. The highest BCUT2D eigenvalue weighted by molar-refractivity contribution is 7.98. The van der Waals surface area contributed by atoms with Crippen molar-refractivity contribution in [3.05, 3.63) is 4.77 Å². The highest BCUT2D eigenvalue weighted by Gasteiger charge is 1.89. The average molecular weight is 190 g/mol. The molecule has 0 unspecified atom stereocenters. The van der Waals surface area contributed by atoms with Crippen molar-refractivity contribution in [2.75, 3.05) is 6.26 Å². The van der Waals surface area contributed by atoms with E-state index in [2.05, 4.69) is 15.0 Å². The van der Waals surface area contributed by atoms with Gasteiger partial charge in [0, 0.05) is 0 Å². The van der Waals surface area contributed by atoms with Crippen LogP contribution in [0.1, 0.15) is 0 Å². The maximum atomic E-state index is 4.77. The molecule has 0 aliphatic rings. The van der Waals surface area contributed by atoms with Crippen LogP contribution in [-0.2, 0) is 12.6 Å². The number of aromatic amines is 1. The van der Waals surface area contributed by atoms with Crippen molar-refractivity contribution in [1.82, 2.24) is 15.0 Å². The fourth-order valence-electron chi connectivity index (χ4n) is 0.437. The first-order chi connectivity index (χ1) is 4.72. The molecule has 6 heteroatoms. The van der Waals surface area contributed by atoms with Crippen LogP contribution in [0.15, 0.2) is 10.3 Å².